The summed E-state index contributed by atoms with van der Waals surface area (Å²) in [4.78, 5) is 36.7. The Hall–Kier alpha value is -1.97. The van der Waals surface area contributed by atoms with E-state index in [1.807, 2.05) is 19.1 Å². The lowest BCUT2D eigenvalue weighted by molar-refractivity contribution is -0.137. The molecule has 0 bridgehead atoms. The van der Waals surface area contributed by atoms with Crippen molar-refractivity contribution >= 4 is 18.0 Å². The van der Waals surface area contributed by atoms with Gasteiger partial charge >= 0.3 is 5.97 Å². The third-order valence-electron chi connectivity index (χ3n) is 8.87. The normalized spacial score (nSPS) is 33.4. The molecule has 0 radical (unpaired) electrons. The van der Waals surface area contributed by atoms with Crippen molar-refractivity contribution in [3.05, 3.63) is 35.5 Å². The first-order valence-corrected chi connectivity index (χ1v) is 13.5. The standard InChI is InChI=1S/C30H44O4/c1-5-6-7-8-9-10-17-34-28(33)14-11-21(2)24-15-16-30(4)19-25-22(3)18-27(32)29(25)23(20-31)12-13-26(24)30/h11-12,14,18,20-21,24-26,29H,5-10,13,15-17,19H2,1-4H3/b14-11+,23-12-/t21-,24+,25+,26-,29-,30+/m0/s1. The van der Waals surface area contributed by atoms with Crippen LogP contribution in [0.5, 0.6) is 0 Å². The fourth-order valence-corrected chi connectivity index (χ4v) is 6.79. The van der Waals surface area contributed by atoms with Gasteiger partial charge in [0.1, 0.15) is 6.29 Å². The topological polar surface area (TPSA) is 60.4 Å². The molecule has 0 heterocycles. The minimum atomic E-state index is -0.284. The summed E-state index contributed by atoms with van der Waals surface area (Å²) in [5, 5.41) is 0. The van der Waals surface area contributed by atoms with Gasteiger partial charge in [-0.3, -0.25) is 9.59 Å². The molecule has 0 spiro atoms. The first-order valence-electron chi connectivity index (χ1n) is 13.5. The molecule has 4 heteroatoms. The molecule has 0 aliphatic heterocycles. The maximum Gasteiger partial charge on any atom is 0.330 e. The Morgan fingerprint density at radius 3 is 2.71 bits per heavy atom. The van der Waals surface area contributed by atoms with E-state index in [2.05, 4.69) is 20.8 Å². The lowest BCUT2D eigenvalue weighted by Gasteiger charge is -2.40. The van der Waals surface area contributed by atoms with Crippen LogP contribution in [0.2, 0.25) is 0 Å². The van der Waals surface area contributed by atoms with Crippen LogP contribution in [0.15, 0.2) is 35.5 Å². The number of hydrogen-bond donors (Lipinski definition) is 0. The molecule has 0 aromatic rings. The average molecular weight is 469 g/mol. The summed E-state index contributed by atoms with van der Waals surface area (Å²) in [5.74, 6) is 0.855. The Morgan fingerprint density at radius 2 is 1.97 bits per heavy atom. The van der Waals surface area contributed by atoms with Gasteiger partial charge in [0.25, 0.3) is 0 Å². The number of unbranched alkanes of at least 4 members (excludes halogenated alkanes) is 5. The summed E-state index contributed by atoms with van der Waals surface area (Å²) in [7, 11) is 0. The summed E-state index contributed by atoms with van der Waals surface area (Å²) < 4.78 is 5.41. The largest absolute Gasteiger partial charge is 0.463 e. The van der Waals surface area contributed by atoms with E-state index in [0.717, 1.165) is 50.4 Å². The van der Waals surface area contributed by atoms with Crippen LogP contribution in [0, 0.1) is 35.0 Å². The Balaban J connectivity index is 1.59. The lowest BCUT2D eigenvalue weighted by atomic mass is 9.63. The number of ketones is 1. The zero-order valence-corrected chi connectivity index (χ0v) is 21.7. The molecule has 34 heavy (non-hydrogen) atoms. The fraction of sp³-hybridized carbons (Fsp3) is 0.700. The number of ether oxygens (including phenoxy) is 1. The number of esters is 1. The zero-order chi connectivity index (χ0) is 24.7. The number of aldehydes is 1. The van der Waals surface area contributed by atoms with E-state index in [9.17, 15) is 14.4 Å². The predicted molar refractivity (Wildman–Crippen MR) is 136 cm³/mol. The maximum absolute atomic E-state index is 12.6. The fourth-order valence-electron chi connectivity index (χ4n) is 6.79. The highest BCUT2D eigenvalue weighted by molar-refractivity contribution is 6.01. The van der Waals surface area contributed by atoms with Crippen molar-refractivity contribution in [1.29, 1.82) is 0 Å². The number of carbonyl (C=O) groups excluding carboxylic acids is 3. The highest BCUT2D eigenvalue weighted by Gasteiger charge is 2.50. The molecule has 0 aromatic heterocycles. The molecule has 3 aliphatic carbocycles. The predicted octanol–water partition coefficient (Wildman–Crippen LogP) is 6.80. The molecule has 1 saturated carbocycles. The van der Waals surface area contributed by atoms with Crippen molar-refractivity contribution in [2.45, 2.75) is 91.9 Å². The Morgan fingerprint density at radius 1 is 1.24 bits per heavy atom. The highest BCUT2D eigenvalue weighted by atomic mass is 16.5. The van der Waals surface area contributed by atoms with Crippen LogP contribution in [-0.4, -0.2) is 24.6 Å². The van der Waals surface area contributed by atoms with E-state index >= 15 is 0 Å². The summed E-state index contributed by atoms with van der Waals surface area (Å²) in [5.41, 5.74) is 1.92. The smallest absolute Gasteiger partial charge is 0.330 e. The quantitative estimate of drug-likeness (QED) is 0.145. The number of allylic oxidation sites excluding steroid dienone is 5. The minimum absolute atomic E-state index is 0.0909. The first kappa shape index (κ1) is 26.6. The monoisotopic (exact) mass is 468 g/mol. The van der Waals surface area contributed by atoms with Crippen molar-refractivity contribution in [3.8, 4) is 0 Å². The van der Waals surface area contributed by atoms with Gasteiger partial charge in [0, 0.05) is 6.08 Å². The molecule has 6 atom stereocenters. The van der Waals surface area contributed by atoms with E-state index in [-0.39, 0.29) is 34.9 Å². The number of hydrogen-bond acceptors (Lipinski definition) is 4. The average Bonchev–Trinajstić information content (AvgIpc) is 3.26. The van der Waals surface area contributed by atoms with Crippen molar-refractivity contribution in [2.75, 3.05) is 6.61 Å². The van der Waals surface area contributed by atoms with Crippen LogP contribution in [0.3, 0.4) is 0 Å². The Bertz CT molecular complexity index is 835. The summed E-state index contributed by atoms with van der Waals surface area (Å²) in [6, 6.07) is 0. The van der Waals surface area contributed by atoms with Crippen LogP contribution < -0.4 is 0 Å². The van der Waals surface area contributed by atoms with E-state index in [0.29, 0.717) is 24.0 Å². The molecule has 3 rings (SSSR count). The van der Waals surface area contributed by atoms with Gasteiger partial charge in [-0.1, -0.05) is 70.6 Å². The minimum Gasteiger partial charge on any atom is -0.463 e. The Kier molecular flexibility index (Phi) is 9.50. The molecule has 188 valence electrons. The maximum atomic E-state index is 12.6. The van der Waals surface area contributed by atoms with Gasteiger partial charge in [-0.2, -0.15) is 0 Å². The second kappa shape index (κ2) is 12.1. The second-order valence-electron chi connectivity index (χ2n) is 11.3. The molecule has 0 aromatic carbocycles. The van der Waals surface area contributed by atoms with E-state index in [4.69, 9.17) is 4.74 Å². The third kappa shape index (κ3) is 6.17. The van der Waals surface area contributed by atoms with Crippen LogP contribution in [-0.2, 0) is 19.1 Å². The lowest BCUT2D eigenvalue weighted by Crippen LogP contribution is -2.34. The van der Waals surface area contributed by atoms with Crippen molar-refractivity contribution in [2.24, 2.45) is 35.0 Å². The van der Waals surface area contributed by atoms with Gasteiger partial charge in [0.2, 0.25) is 0 Å². The molecule has 4 nitrogen and oxygen atoms in total. The van der Waals surface area contributed by atoms with Gasteiger partial charge in [-0.05, 0) is 79.8 Å². The molecule has 0 unspecified atom stereocenters. The van der Waals surface area contributed by atoms with E-state index in [1.165, 1.54) is 25.7 Å². The molecular formula is C30H44O4. The summed E-state index contributed by atoms with van der Waals surface area (Å²) >= 11 is 0. The van der Waals surface area contributed by atoms with Gasteiger partial charge < -0.3 is 4.74 Å². The van der Waals surface area contributed by atoms with Crippen LogP contribution in [0.4, 0.5) is 0 Å². The third-order valence-corrected chi connectivity index (χ3v) is 8.87. The van der Waals surface area contributed by atoms with Gasteiger partial charge in [0.05, 0.1) is 12.5 Å². The zero-order valence-electron chi connectivity index (χ0n) is 21.7. The van der Waals surface area contributed by atoms with Crippen LogP contribution in [0.25, 0.3) is 0 Å². The summed E-state index contributed by atoms with van der Waals surface area (Å²) in [6.45, 7) is 9.32. The molecule has 0 amide bonds. The van der Waals surface area contributed by atoms with Crippen LogP contribution >= 0.6 is 0 Å². The number of fused-ring (bicyclic) bond motifs is 2. The summed E-state index contributed by atoms with van der Waals surface area (Å²) in [6.07, 6.45) is 19.4. The van der Waals surface area contributed by atoms with Gasteiger partial charge in [-0.25, -0.2) is 4.79 Å². The van der Waals surface area contributed by atoms with E-state index < -0.39 is 0 Å². The molecular weight excluding hydrogens is 424 g/mol. The van der Waals surface area contributed by atoms with Crippen molar-refractivity contribution in [3.63, 3.8) is 0 Å². The molecule has 1 fully saturated rings. The Labute approximate surface area is 206 Å². The SMILES string of the molecule is CCCCCCCCOC(=O)/C=C/[C@H](C)[C@H]1CC[C@]2(C)C[C@@H]3C(C)=CC(=O)[C@H]3/C(C=O)=C\C[C@@H]12. The van der Waals surface area contributed by atoms with E-state index in [1.54, 1.807) is 12.2 Å². The molecule has 3 aliphatic rings. The second-order valence-corrected chi connectivity index (χ2v) is 11.3. The highest BCUT2D eigenvalue weighted by Crippen LogP contribution is 2.58. The molecule has 0 N–H and O–H groups in total. The van der Waals surface area contributed by atoms with Gasteiger partial charge in [-0.15, -0.1) is 0 Å². The van der Waals surface area contributed by atoms with Crippen molar-refractivity contribution < 1.29 is 19.1 Å². The van der Waals surface area contributed by atoms with Gasteiger partial charge in [0.15, 0.2) is 5.78 Å². The van der Waals surface area contributed by atoms with Crippen LogP contribution in [0.1, 0.15) is 91.9 Å². The number of rotatable bonds is 11. The molecule has 0 saturated heterocycles. The first-order chi connectivity index (χ1) is 16.3. The number of carbonyl (C=O) groups is 3. The van der Waals surface area contributed by atoms with Crippen molar-refractivity contribution in [1.82, 2.24) is 0 Å².